The van der Waals surface area contributed by atoms with E-state index >= 15 is 0 Å². The molecule has 3 rings (SSSR count). The summed E-state index contributed by atoms with van der Waals surface area (Å²) in [5.41, 5.74) is 3.99. The summed E-state index contributed by atoms with van der Waals surface area (Å²) in [6.45, 7) is 4.64. The van der Waals surface area contributed by atoms with Crippen molar-refractivity contribution in [1.29, 1.82) is 0 Å². The van der Waals surface area contributed by atoms with Crippen LogP contribution in [0.1, 0.15) is 29.9 Å². The summed E-state index contributed by atoms with van der Waals surface area (Å²) in [4.78, 5) is 12.5. The smallest absolute Gasteiger partial charge is 0.273 e. The number of aromatic nitrogens is 2. The van der Waals surface area contributed by atoms with Crippen LogP contribution < -0.4 is 10.1 Å². The molecule has 1 heterocycles. The summed E-state index contributed by atoms with van der Waals surface area (Å²) in [6, 6.07) is 17.2. The van der Waals surface area contributed by atoms with Gasteiger partial charge in [0.05, 0.1) is 12.3 Å². The third-order valence-corrected chi connectivity index (χ3v) is 3.93. The Morgan fingerprint density at radius 3 is 2.60 bits per heavy atom. The van der Waals surface area contributed by atoms with E-state index in [0.717, 1.165) is 34.7 Å². The van der Waals surface area contributed by atoms with E-state index in [4.69, 9.17) is 4.74 Å². The van der Waals surface area contributed by atoms with Gasteiger partial charge in [0.1, 0.15) is 11.4 Å². The summed E-state index contributed by atoms with van der Waals surface area (Å²) in [5.74, 6) is 0.613. The number of H-pyrrole nitrogens is 1. The molecule has 0 aliphatic rings. The molecule has 2 aromatic carbocycles. The molecule has 0 radical (unpaired) electrons. The number of carbonyl (C=O) groups excluding carboxylic acids is 1. The Morgan fingerprint density at radius 2 is 1.88 bits per heavy atom. The Morgan fingerprint density at radius 1 is 1.12 bits per heavy atom. The van der Waals surface area contributed by atoms with Crippen molar-refractivity contribution in [3.63, 3.8) is 0 Å². The lowest BCUT2D eigenvalue weighted by atomic mass is 10.1. The van der Waals surface area contributed by atoms with Gasteiger partial charge in [-0.15, -0.1) is 0 Å². The second kappa shape index (κ2) is 7.66. The number of hydrogen-bond acceptors (Lipinski definition) is 3. The topological polar surface area (TPSA) is 67.0 Å². The zero-order valence-electron chi connectivity index (χ0n) is 14.4. The molecule has 0 saturated heterocycles. The highest BCUT2D eigenvalue weighted by Crippen LogP contribution is 2.22. The monoisotopic (exact) mass is 335 g/mol. The van der Waals surface area contributed by atoms with Gasteiger partial charge in [-0.25, -0.2) is 0 Å². The highest BCUT2D eigenvalue weighted by atomic mass is 16.5. The molecule has 0 fully saturated rings. The number of nitrogens with one attached hydrogen (secondary N) is 2. The SMILES string of the molecule is CCOc1ccc(-c2cc(C(=O)Nc3ccccc3CC)[nH]n2)cc1. The lowest BCUT2D eigenvalue weighted by molar-refractivity contribution is 0.102. The number of aryl methyl sites for hydroxylation is 1. The zero-order valence-corrected chi connectivity index (χ0v) is 14.4. The van der Waals surface area contributed by atoms with E-state index in [2.05, 4.69) is 22.4 Å². The summed E-state index contributed by atoms with van der Waals surface area (Å²) in [5, 5.41) is 9.99. The molecule has 0 bridgehead atoms. The predicted octanol–water partition coefficient (Wildman–Crippen LogP) is 4.29. The highest BCUT2D eigenvalue weighted by Gasteiger charge is 2.12. The van der Waals surface area contributed by atoms with Gasteiger partial charge in [0.15, 0.2) is 0 Å². The average Bonchev–Trinajstić information content (AvgIpc) is 3.13. The molecule has 0 aliphatic carbocycles. The first-order valence-corrected chi connectivity index (χ1v) is 8.39. The molecule has 25 heavy (non-hydrogen) atoms. The first kappa shape index (κ1) is 16.8. The normalized spacial score (nSPS) is 10.5. The van der Waals surface area contributed by atoms with E-state index < -0.39 is 0 Å². The van der Waals surface area contributed by atoms with Crippen LogP contribution in [0.3, 0.4) is 0 Å². The highest BCUT2D eigenvalue weighted by molar-refractivity contribution is 6.03. The van der Waals surface area contributed by atoms with Crippen molar-refractivity contribution in [2.75, 3.05) is 11.9 Å². The molecular weight excluding hydrogens is 314 g/mol. The van der Waals surface area contributed by atoms with Crippen LogP contribution in [0.5, 0.6) is 5.75 Å². The van der Waals surface area contributed by atoms with Crippen LogP contribution in [0.15, 0.2) is 54.6 Å². The lowest BCUT2D eigenvalue weighted by Gasteiger charge is -2.08. The standard InChI is InChI=1S/C20H21N3O2/c1-3-14-7-5-6-8-17(14)21-20(24)19-13-18(22-23-19)15-9-11-16(12-10-15)25-4-2/h5-13H,3-4H2,1-2H3,(H,21,24)(H,22,23). The Kier molecular flexibility index (Phi) is 5.14. The number of nitrogens with zero attached hydrogens (tertiary/aromatic N) is 1. The van der Waals surface area contributed by atoms with Crippen molar-refractivity contribution >= 4 is 11.6 Å². The number of aromatic amines is 1. The van der Waals surface area contributed by atoms with Crippen molar-refractivity contribution in [2.45, 2.75) is 20.3 Å². The fourth-order valence-corrected chi connectivity index (χ4v) is 2.61. The number of carbonyl (C=O) groups is 1. The van der Waals surface area contributed by atoms with Crippen LogP contribution >= 0.6 is 0 Å². The van der Waals surface area contributed by atoms with Gasteiger partial charge < -0.3 is 10.1 Å². The van der Waals surface area contributed by atoms with Gasteiger partial charge in [-0.05, 0) is 55.3 Å². The Balaban J connectivity index is 1.75. The molecule has 0 saturated carbocycles. The predicted molar refractivity (Wildman–Crippen MR) is 99.0 cm³/mol. The van der Waals surface area contributed by atoms with Gasteiger partial charge in [0, 0.05) is 11.3 Å². The molecule has 128 valence electrons. The Bertz CT molecular complexity index is 853. The number of rotatable bonds is 6. The van der Waals surface area contributed by atoms with Gasteiger partial charge in [-0.2, -0.15) is 5.10 Å². The average molecular weight is 335 g/mol. The van der Waals surface area contributed by atoms with E-state index in [9.17, 15) is 4.79 Å². The fraction of sp³-hybridized carbons (Fsp3) is 0.200. The quantitative estimate of drug-likeness (QED) is 0.706. The summed E-state index contributed by atoms with van der Waals surface area (Å²) < 4.78 is 5.44. The molecule has 0 spiro atoms. The third-order valence-electron chi connectivity index (χ3n) is 3.93. The molecule has 0 unspecified atom stereocenters. The molecule has 3 aromatic rings. The van der Waals surface area contributed by atoms with E-state index in [1.807, 2.05) is 55.5 Å². The minimum atomic E-state index is -0.203. The number of para-hydroxylation sites is 1. The van der Waals surface area contributed by atoms with Crippen molar-refractivity contribution < 1.29 is 9.53 Å². The van der Waals surface area contributed by atoms with Gasteiger partial charge >= 0.3 is 0 Å². The van der Waals surface area contributed by atoms with E-state index in [1.54, 1.807) is 6.07 Å². The van der Waals surface area contributed by atoms with E-state index in [1.165, 1.54) is 0 Å². The van der Waals surface area contributed by atoms with Gasteiger partial charge in [0.2, 0.25) is 0 Å². The van der Waals surface area contributed by atoms with Crippen molar-refractivity contribution in [3.8, 4) is 17.0 Å². The van der Waals surface area contributed by atoms with Crippen molar-refractivity contribution in [2.24, 2.45) is 0 Å². The molecule has 1 aromatic heterocycles. The van der Waals surface area contributed by atoms with E-state index in [0.29, 0.717) is 12.3 Å². The van der Waals surface area contributed by atoms with Crippen LogP contribution in [0.4, 0.5) is 5.69 Å². The second-order valence-corrected chi connectivity index (χ2v) is 5.59. The van der Waals surface area contributed by atoms with Crippen LogP contribution in [0.2, 0.25) is 0 Å². The first-order chi connectivity index (χ1) is 12.2. The number of amides is 1. The van der Waals surface area contributed by atoms with Gasteiger partial charge in [0.25, 0.3) is 5.91 Å². The van der Waals surface area contributed by atoms with Crippen LogP contribution in [0, 0.1) is 0 Å². The molecule has 5 nitrogen and oxygen atoms in total. The maximum absolute atomic E-state index is 12.5. The molecule has 2 N–H and O–H groups in total. The zero-order chi connectivity index (χ0) is 17.6. The first-order valence-electron chi connectivity index (χ1n) is 8.39. The van der Waals surface area contributed by atoms with Crippen LogP contribution in [-0.2, 0) is 6.42 Å². The number of hydrogen-bond donors (Lipinski definition) is 2. The second-order valence-electron chi connectivity index (χ2n) is 5.59. The molecule has 0 aliphatic heterocycles. The number of anilines is 1. The van der Waals surface area contributed by atoms with Gasteiger partial charge in [-0.1, -0.05) is 25.1 Å². The van der Waals surface area contributed by atoms with Crippen molar-refractivity contribution in [1.82, 2.24) is 10.2 Å². The minimum absolute atomic E-state index is 0.203. The molecule has 1 amide bonds. The van der Waals surface area contributed by atoms with Gasteiger partial charge in [-0.3, -0.25) is 9.89 Å². The Labute approximate surface area is 147 Å². The summed E-state index contributed by atoms with van der Waals surface area (Å²) >= 11 is 0. The summed E-state index contributed by atoms with van der Waals surface area (Å²) in [7, 11) is 0. The minimum Gasteiger partial charge on any atom is -0.494 e. The van der Waals surface area contributed by atoms with E-state index in [-0.39, 0.29) is 5.91 Å². The van der Waals surface area contributed by atoms with Crippen LogP contribution in [-0.4, -0.2) is 22.7 Å². The molecule has 5 heteroatoms. The summed E-state index contributed by atoms with van der Waals surface area (Å²) in [6.07, 6.45) is 0.858. The number of ether oxygens (including phenoxy) is 1. The molecular formula is C20H21N3O2. The fourth-order valence-electron chi connectivity index (χ4n) is 2.61. The molecule has 0 atom stereocenters. The maximum atomic E-state index is 12.5. The lowest BCUT2D eigenvalue weighted by Crippen LogP contribution is -2.13. The largest absolute Gasteiger partial charge is 0.494 e. The Hall–Kier alpha value is -3.08. The number of benzene rings is 2. The van der Waals surface area contributed by atoms with Crippen LogP contribution in [0.25, 0.3) is 11.3 Å². The van der Waals surface area contributed by atoms with Crippen molar-refractivity contribution in [3.05, 3.63) is 65.9 Å². The third kappa shape index (κ3) is 3.88. The maximum Gasteiger partial charge on any atom is 0.273 e.